The molecule has 59 valence electrons. The Morgan fingerprint density at radius 3 is 2.82 bits per heavy atom. The van der Waals surface area contributed by atoms with E-state index in [0.29, 0.717) is 5.56 Å². The molecule has 1 aromatic rings. The summed E-state index contributed by atoms with van der Waals surface area (Å²) in [5, 5.41) is 0. The predicted octanol–water partition coefficient (Wildman–Crippen LogP) is 2.74. The molecule has 0 heterocycles. The second kappa shape index (κ2) is 3.83. The molecule has 1 rings (SSSR count). The second-order valence-electron chi connectivity index (χ2n) is 2.02. The van der Waals surface area contributed by atoms with Crippen molar-refractivity contribution in [3.63, 3.8) is 0 Å². The van der Waals surface area contributed by atoms with Crippen molar-refractivity contribution in [2.45, 2.75) is 0 Å². The van der Waals surface area contributed by atoms with E-state index in [2.05, 4.69) is 20.7 Å². The zero-order valence-electron chi connectivity index (χ0n) is 5.97. The predicted molar refractivity (Wildman–Crippen MR) is 44.5 cm³/mol. The summed E-state index contributed by atoms with van der Waals surface area (Å²) in [4.78, 5) is 0. The van der Waals surface area contributed by atoms with Crippen LogP contribution in [0.2, 0.25) is 0 Å². The maximum atomic E-state index is 12.9. The second-order valence-corrected chi connectivity index (χ2v) is 2.94. The lowest BCUT2D eigenvalue weighted by atomic mass is 10.2. The molecule has 0 aromatic heterocycles. The largest absolute Gasteiger partial charge is 0.374 e. The van der Waals surface area contributed by atoms with Crippen molar-refractivity contribution in [2.75, 3.05) is 7.11 Å². The van der Waals surface area contributed by atoms with Gasteiger partial charge in [0, 0.05) is 17.1 Å². The van der Waals surface area contributed by atoms with Gasteiger partial charge in [0.1, 0.15) is 12.4 Å². The lowest BCUT2D eigenvalue weighted by Gasteiger charge is -1.99. The first-order chi connectivity index (χ1) is 5.24. The Bertz CT molecular complexity index is 250. The third-order valence-corrected chi connectivity index (χ3v) is 1.70. The SMILES string of the molecule is CO[CH]c1ccc(Br)cc1F. The molecule has 0 aliphatic rings. The van der Waals surface area contributed by atoms with Gasteiger partial charge in [-0.05, 0) is 12.1 Å². The van der Waals surface area contributed by atoms with Crippen molar-refractivity contribution < 1.29 is 9.13 Å². The Hall–Kier alpha value is -0.410. The third kappa shape index (κ3) is 2.27. The summed E-state index contributed by atoms with van der Waals surface area (Å²) in [5.74, 6) is -0.291. The van der Waals surface area contributed by atoms with Gasteiger partial charge in [-0.1, -0.05) is 22.0 Å². The fraction of sp³-hybridized carbons (Fsp3) is 0.125. The molecule has 0 atom stereocenters. The highest BCUT2D eigenvalue weighted by Gasteiger charge is 2.01. The minimum atomic E-state index is -0.291. The molecule has 1 aromatic carbocycles. The minimum Gasteiger partial charge on any atom is -0.374 e. The minimum absolute atomic E-state index is 0.291. The third-order valence-electron chi connectivity index (χ3n) is 1.21. The van der Waals surface area contributed by atoms with Crippen molar-refractivity contribution in [3.8, 4) is 0 Å². The van der Waals surface area contributed by atoms with Gasteiger partial charge in [-0.15, -0.1) is 0 Å². The van der Waals surface area contributed by atoms with E-state index in [0.717, 1.165) is 4.47 Å². The van der Waals surface area contributed by atoms with Crippen molar-refractivity contribution in [2.24, 2.45) is 0 Å². The van der Waals surface area contributed by atoms with E-state index < -0.39 is 0 Å². The van der Waals surface area contributed by atoms with Crippen molar-refractivity contribution in [1.29, 1.82) is 0 Å². The van der Waals surface area contributed by atoms with Crippen LogP contribution in [0, 0.1) is 12.4 Å². The van der Waals surface area contributed by atoms with E-state index in [9.17, 15) is 4.39 Å². The molecule has 0 aliphatic heterocycles. The molecule has 0 saturated heterocycles. The van der Waals surface area contributed by atoms with E-state index >= 15 is 0 Å². The molecule has 0 N–H and O–H groups in total. The number of hydrogen-bond donors (Lipinski definition) is 0. The van der Waals surface area contributed by atoms with Crippen LogP contribution in [-0.2, 0) is 4.74 Å². The van der Waals surface area contributed by atoms with Crippen molar-refractivity contribution in [3.05, 3.63) is 40.7 Å². The molecule has 11 heavy (non-hydrogen) atoms. The summed E-state index contributed by atoms with van der Waals surface area (Å²) in [6, 6.07) is 4.79. The average molecular weight is 218 g/mol. The summed E-state index contributed by atoms with van der Waals surface area (Å²) in [5.41, 5.74) is 0.454. The molecule has 1 nitrogen and oxygen atoms in total. The summed E-state index contributed by atoms with van der Waals surface area (Å²) >= 11 is 3.15. The monoisotopic (exact) mass is 217 g/mol. The van der Waals surface area contributed by atoms with Gasteiger partial charge in [-0.3, -0.25) is 0 Å². The van der Waals surface area contributed by atoms with Gasteiger partial charge in [0.2, 0.25) is 0 Å². The highest BCUT2D eigenvalue weighted by atomic mass is 79.9. The Kier molecular flexibility index (Phi) is 3.02. The fourth-order valence-corrected chi connectivity index (χ4v) is 1.06. The zero-order chi connectivity index (χ0) is 8.27. The van der Waals surface area contributed by atoms with Gasteiger partial charge in [0.15, 0.2) is 0 Å². The smallest absolute Gasteiger partial charge is 0.130 e. The van der Waals surface area contributed by atoms with Crippen LogP contribution in [0.15, 0.2) is 22.7 Å². The number of methoxy groups -OCH3 is 1. The highest BCUT2D eigenvalue weighted by Crippen LogP contribution is 2.16. The molecule has 0 saturated carbocycles. The summed E-state index contributed by atoms with van der Waals surface area (Å²) in [7, 11) is 1.49. The van der Waals surface area contributed by atoms with Crippen LogP contribution in [-0.4, -0.2) is 7.11 Å². The van der Waals surface area contributed by atoms with E-state index in [1.54, 1.807) is 12.1 Å². The van der Waals surface area contributed by atoms with Crippen LogP contribution < -0.4 is 0 Å². The highest BCUT2D eigenvalue weighted by molar-refractivity contribution is 9.10. The lowest BCUT2D eigenvalue weighted by molar-refractivity contribution is 0.289. The molecule has 0 spiro atoms. The number of ether oxygens (including phenoxy) is 1. The number of halogens is 2. The first kappa shape index (κ1) is 8.68. The van der Waals surface area contributed by atoms with Gasteiger partial charge in [-0.2, -0.15) is 0 Å². The van der Waals surface area contributed by atoms with Gasteiger partial charge in [-0.25, -0.2) is 4.39 Å². The molecular formula is C8H7BrFO. The maximum absolute atomic E-state index is 12.9. The van der Waals surface area contributed by atoms with E-state index in [-0.39, 0.29) is 5.82 Å². The van der Waals surface area contributed by atoms with Gasteiger partial charge < -0.3 is 4.74 Å². The van der Waals surface area contributed by atoms with Crippen molar-refractivity contribution in [1.82, 2.24) is 0 Å². The fourth-order valence-electron chi connectivity index (χ4n) is 0.724. The van der Waals surface area contributed by atoms with Gasteiger partial charge in [0.25, 0.3) is 0 Å². The van der Waals surface area contributed by atoms with Crippen LogP contribution in [0.3, 0.4) is 0 Å². The lowest BCUT2D eigenvalue weighted by Crippen LogP contribution is -1.88. The van der Waals surface area contributed by atoms with E-state index in [1.807, 2.05) is 0 Å². The molecule has 0 unspecified atom stereocenters. The number of hydrogen-bond acceptors (Lipinski definition) is 1. The van der Waals surface area contributed by atoms with Crippen LogP contribution in [0.5, 0.6) is 0 Å². The molecular weight excluding hydrogens is 211 g/mol. The van der Waals surface area contributed by atoms with Gasteiger partial charge in [0.05, 0.1) is 0 Å². The molecule has 1 radical (unpaired) electrons. The Morgan fingerprint density at radius 1 is 1.55 bits per heavy atom. The first-order valence-electron chi connectivity index (χ1n) is 3.05. The molecule has 0 amide bonds. The average Bonchev–Trinajstić information content (AvgIpc) is 1.95. The van der Waals surface area contributed by atoms with Crippen LogP contribution in [0.25, 0.3) is 0 Å². The Labute approximate surface area is 73.3 Å². The van der Waals surface area contributed by atoms with E-state index in [4.69, 9.17) is 0 Å². The van der Waals surface area contributed by atoms with E-state index in [1.165, 1.54) is 19.8 Å². The summed E-state index contributed by atoms with van der Waals surface area (Å²) in [6.45, 7) is 1.36. The normalized spacial score (nSPS) is 10.1. The van der Waals surface area contributed by atoms with Crippen LogP contribution >= 0.6 is 15.9 Å². The number of rotatable bonds is 2. The van der Waals surface area contributed by atoms with Crippen LogP contribution in [0.4, 0.5) is 4.39 Å². The van der Waals surface area contributed by atoms with Crippen LogP contribution in [0.1, 0.15) is 5.56 Å². The zero-order valence-corrected chi connectivity index (χ0v) is 7.56. The molecule has 3 heteroatoms. The maximum Gasteiger partial charge on any atom is 0.130 e. The topological polar surface area (TPSA) is 9.23 Å². The molecule has 0 fully saturated rings. The quantitative estimate of drug-likeness (QED) is 0.741. The Morgan fingerprint density at radius 2 is 2.27 bits per heavy atom. The van der Waals surface area contributed by atoms with Crippen molar-refractivity contribution >= 4 is 15.9 Å². The first-order valence-corrected chi connectivity index (χ1v) is 3.84. The summed E-state index contributed by atoms with van der Waals surface area (Å²) in [6.07, 6.45) is 0. The van der Waals surface area contributed by atoms with Gasteiger partial charge >= 0.3 is 0 Å². The standard InChI is InChI=1S/C8H7BrFO/c1-11-5-6-2-3-7(9)4-8(6)10/h2-5H,1H3. The molecule has 0 aliphatic carbocycles. The number of benzene rings is 1. The Balaban J connectivity index is 2.90. The molecule has 0 bridgehead atoms. The summed E-state index contributed by atoms with van der Waals surface area (Å²) < 4.78 is 18.3.